The van der Waals surface area contributed by atoms with Gasteiger partial charge in [0, 0.05) is 4.88 Å². The molecule has 0 radical (unpaired) electrons. The second-order valence-electron chi connectivity index (χ2n) is 5.46. The molecular formula is C16H18N2O4S. The van der Waals surface area contributed by atoms with Crippen molar-refractivity contribution in [3.63, 3.8) is 0 Å². The number of nitrogens with one attached hydrogen (secondary N) is 2. The van der Waals surface area contributed by atoms with E-state index < -0.39 is 5.60 Å². The number of ether oxygens (including phenoxy) is 2. The Morgan fingerprint density at radius 3 is 2.91 bits per heavy atom. The van der Waals surface area contributed by atoms with Gasteiger partial charge in [0.2, 0.25) is 6.79 Å². The Bertz CT molecular complexity index is 685. The van der Waals surface area contributed by atoms with Crippen LogP contribution in [-0.4, -0.2) is 24.5 Å². The lowest BCUT2D eigenvalue weighted by Crippen LogP contribution is -2.43. The summed E-state index contributed by atoms with van der Waals surface area (Å²) in [5.41, 5.74) is -0.554. The zero-order valence-corrected chi connectivity index (χ0v) is 13.5. The quantitative estimate of drug-likeness (QED) is 0.783. The van der Waals surface area contributed by atoms with Crippen molar-refractivity contribution in [3.05, 3.63) is 46.2 Å². The SMILES string of the molecule is C[C@@](O)(CNC(=O)NCc1cccs1)c1ccc2c(c1)OCO2. The first kappa shape index (κ1) is 15.6. The third-order valence-electron chi connectivity index (χ3n) is 3.59. The van der Waals surface area contributed by atoms with Crippen molar-refractivity contribution >= 4 is 17.4 Å². The Morgan fingerprint density at radius 2 is 2.13 bits per heavy atom. The first-order chi connectivity index (χ1) is 11.0. The third-order valence-corrected chi connectivity index (χ3v) is 4.47. The molecule has 2 aromatic rings. The summed E-state index contributed by atoms with van der Waals surface area (Å²) in [6.07, 6.45) is 0. The highest BCUT2D eigenvalue weighted by Crippen LogP contribution is 2.35. The Balaban J connectivity index is 1.54. The van der Waals surface area contributed by atoms with E-state index in [1.54, 1.807) is 36.5 Å². The summed E-state index contributed by atoms with van der Waals surface area (Å²) in [5, 5.41) is 18.0. The Morgan fingerprint density at radius 1 is 1.30 bits per heavy atom. The number of rotatable bonds is 5. The van der Waals surface area contributed by atoms with Crippen molar-refractivity contribution in [3.8, 4) is 11.5 Å². The fourth-order valence-corrected chi connectivity index (χ4v) is 2.87. The van der Waals surface area contributed by atoms with E-state index in [0.29, 0.717) is 23.6 Å². The van der Waals surface area contributed by atoms with E-state index in [9.17, 15) is 9.90 Å². The van der Waals surface area contributed by atoms with Crippen LogP contribution in [0.25, 0.3) is 0 Å². The molecule has 1 aliphatic heterocycles. The number of hydrogen-bond donors (Lipinski definition) is 3. The summed E-state index contributed by atoms with van der Waals surface area (Å²) >= 11 is 1.58. The maximum Gasteiger partial charge on any atom is 0.315 e. The van der Waals surface area contributed by atoms with Crippen LogP contribution in [0, 0.1) is 0 Å². The summed E-state index contributed by atoms with van der Waals surface area (Å²) < 4.78 is 10.6. The molecule has 3 rings (SSSR count). The summed E-state index contributed by atoms with van der Waals surface area (Å²) in [7, 11) is 0. The highest BCUT2D eigenvalue weighted by Gasteiger charge is 2.26. The lowest BCUT2D eigenvalue weighted by molar-refractivity contribution is 0.0591. The minimum Gasteiger partial charge on any atom is -0.454 e. The normalized spacial score (nSPS) is 15.0. The van der Waals surface area contributed by atoms with Gasteiger partial charge < -0.3 is 25.2 Å². The Hall–Kier alpha value is -2.25. The van der Waals surface area contributed by atoms with Crippen molar-refractivity contribution in [1.29, 1.82) is 0 Å². The molecule has 0 bridgehead atoms. The number of carbonyl (C=O) groups excluding carboxylic acids is 1. The smallest absolute Gasteiger partial charge is 0.315 e. The van der Waals surface area contributed by atoms with Crippen LogP contribution in [-0.2, 0) is 12.1 Å². The van der Waals surface area contributed by atoms with Crippen molar-refractivity contribution in [2.24, 2.45) is 0 Å². The molecule has 0 saturated carbocycles. The largest absolute Gasteiger partial charge is 0.454 e. The molecule has 2 amide bonds. The van der Waals surface area contributed by atoms with Crippen LogP contribution >= 0.6 is 11.3 Å². The monoisotopic (exact) mass is 334 g/mol. The second-order valence-corrected chi connectivity index (χ2v) is 6.49. The lowest BCUT2D eigenvalue weighted by atomic mass is 9.95. The van der Waals surface area contributed by atoms with E-state index in [1.807, 2.05) is 17.5 Å². The molecule has 1 atom stereocenters. The standard InChI is InChI=1S/C16H18N2O4S/c1-16(20,11-4-5-13-14(7-11)22-10-21-13)9-18-15(19)17-8-12-3-2-6-23-12/h2-7,20H,8-10H2,1H3,(H2,17,18,19)/t16-/m1/s1. The predicted octanol–water partition coefficient (Wildman–Crippen LogP) is 2.18. The van der Waals surface area contributed by atoms with Gasteiger partial charge in [-0.15, -0.1) is 11.3 Å². The maximum atomic E-state index is 11.8. The van der Waals surface area contributed by atoms with Crippen LogP contribution in [0.1, 0.15) is 17.4 Å². The molecule has 0 unspecified atom stereocenters. The Labute approximate surface area is 138 Å². The first-order valence-corrected chi connectivity index (χ1v) is 8.09. The van der Waals surface area contributed by atoms with E-state index in [0.717, 1.165) is 4.88 Å². The van der Waals surface area contributed by atoms with E-state index in [4.69, 9.17) is 9.47 Å². The van der Waals surface area contributed by atoms with Gasteiger partial charge in [0.05, 0.1) is 13.1 Å². The highest BCUT2D eigenvalue weighted by molar-refractivity contribution is 7.09. The fraction of sp³-hybridized carbons (Fsp3) is 0.312. The number of fused-ring (bicyclic) bond motifs is 1. The minimum absolute atomic E-state index is 0.0862. The molecule has 2 heterocycles. The molecule has 1 aromatic carbocycles. The first-order valence-electron chi connectivity index (χ1n) is 7.21. The summed E-state index contributed by atoms with van der Waals surface area (Å²) in [6, 6.07) is 8.81. The van der Waals surface area contributed by atoms with Crippen LogP contribution < -0.4 is 20.1 Å². The van der Waals surface area contributed by atoms with E-state index >= 15 is 0 Å². The number of urea groups is 1. The number of thiophene rings is 1. The van der Waals surface area contributed by atoms with Crippen LogP contribution in [0.4, 0.5) is 4.79 Å². The number of carbonyl (C=O) groups is 1. The van der Waals surface area contributed by atoms with Crippen molar-refractivity contribution < 1.29 is 19.4 Å². The van der Waals surface area contributed by atoms with Crippen LogP contribution in [0.3, 0.4) is 0 Å². The minimum atomic E-state index is -1.21. The second kappa shape index (κ2) is 6.47. The molecule has 7 heteroatoms. The number of aliphatic hydroxyl groups is 1. The molecule has 1 aliphatic rings. The van der Waals surface area contributed by atoms with Crippen LogP contribution in [0.15, 0.2) is 35.7 Å². The molecule has 0 fully saturated rings. The van der Waals surface area contributed by atoms with Crippen molar-refractivity contribution in [2.75, 3.05) is 13.3 Å². The molecule has 0 spiro atoms. The van der Waals surface area contributed by atoms with Gasteiger partial charge in [-0.1, -0.05) is 12.1 Å². The van der Waals surface area contributed by atoms with Gasteiger partial charge in [0.25, 0.3) is 0 Å². The fourth-order valence-electron chi connectivity index (χ4n) is 2.23. The van der Waals surface area contributed by atoms with Gasteiger partial charge in [-0.05, 0) is 36.1 Å². The number of hydrogen-bond acceptors (Lipinski definition) is 5. The third kappa shape index (κ3) is 3.75. The molecule has 1 aromatic heterocycles. The maximum absolute atomic E-state index is 11.8. The molecular weight excluding hydrogens is 316 g/mol. The van der Waals surface area contributed by atoms with Gasteiger partial charge >= 0.3 is 6.03 Å². The summed E-state index contributed by atoms with van der Waals surface area (Å²) in [6.45, 7) is 2.38. The van der Waals surface area contributed by atoms with E-state index in [-0.39, 0.29) is 19.4 Å². The number of amides is 2. The van der Waals surface area contributed by atoms with Gasteiger partial charge in [-0.2, -0.15) is 0 Å². The zero-order chi connectivity index (χ0) is 16.3. The Kier molecular flexibility index (Phi) is 4.40. The molecule has 0 aliphatic carbocycles. The van der Waals surface area contributed by atoms with E-state index in [1.165, 1.54) is 0 Å². The van der Waals surface area contributed by atoms with Crippen molar-refractivity contribution in [1.82, 2.24) is 10.6 Å². The molecule has 122 valence electrons. The number of benzene rings is 1. The van der Waals surface area contributed by atoms with Crippen molar-refractivity contribution in [2.45, 2.75) is 19.1 Å². The average Bonchev–Trinajstić information content (AvgIpc) is 3.21. The molecule has 23 heavy (non-hydrogen) atoms. The van der Waals surface area contributed by atoms with E-state index in [2.05, 4.69) is 10.6 Å². The lowest BCUT2D eigenvalue weighted by Gasteiger charge is -2.24. The van der Waals surface area contributed by atoms with Gasteiger partial charge in [-0.3, -0.25) is 0 Å². The highest BCUT2D eigenvalue weighted by atomic mass is 32.1. The summed E-state index contributed by atoms with van der Waals surface area (Å²) in [4.78, 5) is 12.9. The van der Waals surface area contributed by atoms with Crippen LogP contribution in [0.5, 0.6) is 11.5 Å². The van der Waals surface area contributed by atoms with Gasteiger partial charge in [0.1, 0.15) is 5.60 Å². The average molecular weight is 334 g/mol. The molecule has 6 nitrogen and oxygen atoms in total. The van der Waals surface area contributed by atoms with Gasteiger partial charge in [0.15, 0.2) is 11.5 Å². The summed E-state index contributed by atoms with van der Waals surface area (Å²) in [5.74, 6) is 1.26. The molecule has 3 N–H and O–H groups in total. The van der Waals surface area contributed by atoms with Gasteiger partial charge in [-0.25, -0.2) is 4.79 Å². The molecule has 0 saturated heterocycles. The topological polar surface area (TPSA) is 79.8 Å². The zero-order valence-electron chi connectivity index (χ0n) is 12.7. The predicted molar refractivity (Wildman–Crippen MR) is 86.7 cm³/mol. The van der Waals surface area contributed by atoms with Crippen LogP contribution in [0.2, 0.25) is 0 Å².